The molecule has 1 atom stereocenters. The Morgan fingerprint density at radius 1 is 1.00 bits per heavy atom. The third-order valence-electron chi connectivity index (χ3n) is 5.84. The molecule has 0 radical (unpaired) electrons. The van der Waals surface area contributed by atoms with Crippen molar-refractivity contribution in [3.05, 3.63) is 65.2 Å². The first-order valence-corrected chi connectivity index (χ1v) is 12.0. The van der Waals surface area contributed by atoms with Crippen LogP contribution in [0, 0.1) is 6.92 Å². The Morgan fingerprint density at radius 3 is 2.57 bits per heavy atom. The summed E-state index contributed by atoms with van der Waals surface area (Å²) in [5.41, 5.74) is 3.66. The van der Waals surface area contributed by atoms with Crippen LogP contribution in [0.2, 0.25) is 0 Å². The number of unbranched alkanes of at least 4 members (excludes halogenated alkanes) is 1. The van der Waals surface area contributed by atoms with Crippen molar-refractivity contribution in [1.82, 2.24) is 10.6 Å². The number of hydrogen-bond acceptors (Lipinski definition) is 5. The summed E-state index contributed by atoms with van der Waals surface area (Å²) in [6.45, 7) is 4.24. The number of nitrogens with one attached hydrogen (secondary N) is 2. The third kappa shape index (κ3) is 7.40. The number of anilines is 1. The van der Waals surface area contributed by atoms with E-state index in [0.29, 0.717) is 37.9 Å². The van der Waals surface area contributed by atoms with Gasteiger partial charge in [-0.3, -0.25) is 19.3 Å². The van der Waals surface area contributed by atoms with Crippen LogP contribution < -0.4 is 15.5 Å². The largest absolute Gasteiger partial charge is 0.464 e. The van der Waals surface area contributed by atoms with Crippen LogP contribution >= 0.6 is 0 Å². The number of ether oxygens (including phenoxy) is 1. The minimum absolute atomic E-state index is 0.0484. The monoisotopic (exact) mass is 479 g/mol. The molecular weight excluding hydrogens is 446 g/mol. The van der Waals surface area contributed by atoms with Crippen molar-refractivity contribution in [3.63, 3.8) is 0 Å². The van der Waals surface area contributed by atoms with Crippen LogP contribution in [-0.2, 0) is 36.8 Å². The van der Waals surface area contributed by atoms with E-state index < -0.39 is 12.0 Å². The molecule has 186 valence electrons. The number of amides is 3. The zero-order valence-corrected chi connectivity index (χ0v) is 20.3. The first kappa shape index (κ1) is 25.9. The Balaban J connectivity index is 1.38. The van der Waals surface area contributed by atoms with Gasteiger partial charge in [-0.15, -0.1) is 0 Å². The maximum absolute atomic E-state index is 12.9. The van der Waals surface area contributed by atoms with Gasteiger partial charge < -0.3 is 15.4 Å². The number of hydrogen-bond donors (Lipinski definition) is 2. The average Bonchev–Trinajstić information content (AvgIpc) is 3.22. The molecule has 0 saturated heterocycles. The number of aryl methyl sites for hydroxylation is 1. The highest BCUT2D eigenvalue weighted by molar-refractivity contribution is 6.04. The normalized spacial score (nSPS) is 14.2. The fraction of sp³-hybridized carbons (Fsp3) is 0.407. The van der Waals surface area contributed by atoms with E-state index in [-0.39, 0.29) is 37.3 Å². The lowest BCUT2D eigenvalue weighted by molar-refractivity contribution is -0.145. The molecule has 0 aliphatic carbocycles. The van der Waals surface area contributed by atoms with Gasteiger partial charge in [0.2, 0.25) is 17.7 Å². The highest BCUT2D eigenvalue weighted by Gasteiger charge is 2.39. The Morgan fingerprint density at radius 2 is 1.80 bits per heavy atom. The van der Waals surface area contributed by atoms with Crippen LogP contribution in [0.3, 0.4) is 0 Å². The minimum Gasteiger partial charge on any atom is -0.464 e. The zero-order chi connectivity index (χ0) is 25.2. The van der Waals surface area contributed by atoms with Gasteiger partial charge in [-0.25, -0.2) is 4.79 Å². The molecule has 0 saturated carbocycles. The van der Waals surface area contributed by atoms with E-state index >= 15 is 0 Å². The van der Waals surface area contributed by atoms with Gasteiger partial charge in [0.25, 0.3) is 0 Å². The second kappa shape index (κ2) is 12.7. The first-order chi connectivity index (χ1) is 16.9. The summed E-state index contributed by atoms with van der Waals surface area (Å²) in [4.78, 5) is 51.0. The van der Waals surface area contributed by atoms with Crippen molar-refractivity contribution >= 4 is 29.4 Å². The molecule has 3 rings (SSSR count). The summed E-state index contributed by atoms with van der Waals surface area (Å²) in [6, 6.07) is 14.5. The smallest absolute Gasteiger partial charge is 0.329 e. The first-order valence-electron chi connectivity index (χ1n) is 12.0. The number of rotatable bonds is 11. The summed E-state index contributed by atoms with van der Waals surface area (Å²) in [6.07, 6.45) is 2.22. The zero-order valence-electron chi connectivity index (χ0n) is 20.3. The van der Waals surface area contributed by atoms with Gasteiger partial charge >= 0.3 is 5.97 Å². The molecule has 2 aromatic carbocycles. The van der Waals surface area contributed by atoms with Crippen molar-refractivity contribution < 1.29 is 23.9 Å². The van der Waals surface area contributed by atoms with E-state index in [1.807, 2.05) is 49.4 Å². The quantitative estimate of drug-likeness (QED) is 0.381. The van der Waals surface area contributed by atoms with E-state index in [2.05, 4.69) is 10.6 Å². The van der Waals surface area contributed by atoms with Crippen molar-refractivity contribution in [3.8, 4) is 0 Å². The lowest BCUT2D eigenvalue weighted by atomic mass is 10.1. The predicted octanol–water partition coefficient (Wildman–Crippen LogP) is 2.46. The SMILES string of the molecule is CCOC(=O)C1Cc2ccccc2N1C(=O)CNC(=O)CCCCNC(=O)Cc1cccc(C)c1. The fourth-order valence-corrected chi connectivity index (χ4v) is 4.18. The lowest BCUT2D eigenvalue weighted by Gasteiger charge is -2.24. The fourth-order valence-electron chi connectivity index (χ4n) is 4.18. The average molecular weight is 480 g/mol. The van der Waals surface area contributed by atoms with Crippen molar-refractivity contribution in [2.75, 3.05) is 24.6 Å². The Bertz CT molecular complexity index is 1070. The molecule has 1 aliphatic rings. The van der Waals surface area contributed by atoms with Crippen molar-refractivity contribution in [2.45, 2.75) is 52.0 Å². The number of benzene rings is 2. The predicted molar refractivity (Wildman–Crippen MR) is 133 cm³/mol. The van der Waals surface area contributed by atoms with Crippen LogP contribution in [0.15, 0.2) is 48.5 Å². The second-order valence-corrected chi connectivity index (χ2v) is 8.61. The highest BCUT2D eigenvalue weighted by Crippen LogP contribution is 2.32. The van der Waals surface area contributed by atoms with E-state index in [1.54, 1.807) is 13.0 Å². The van der Waals surface area contributed by atoms with Crippen molar-refractivity contribution in [2.24, 2.45) is 0 Å². The maximum Gasteiger partial charge on any atom is 0.329 e. The van der Waals surface area contributed by atoms with Gasteiger partial charge in [0.1, 0.15) is 6.04 Å². The molecule has 1 aliphatic heterocycles. The van der Waals surface area contributed by atoms with Gasteiger partial charge in [-0.2, -0.15) is 0 Å². The van der Waals surface area contributed by atoms with Gasteiger partial charge in [0, 0.05) is 25.1 Å². The highest BCUT2D eigenvalue weighted by atomic mass is 16.5. The number of fused-ring (bicyclic) bond motifs is 1. The van der Waals surface area contributed by atoms with Crippen molar-refractivity contribution in [1.29, 1.82) is 0 Å². The van der Waals surface area contributed by atoms with Gasteiger partial charge in [0.15, 0.2) is 0 Å². The van der Waals surface area contributed by atoms with E-state index in [0.717, 1.165) is 16.7 Å². The maximum atomic E-state index is 12.9. The number of carbonyl (C=O) groups is 4. The summed E-state index contributed by atoms with van der Waals surface area (Å²) in [7, 11) is 0. The summed E-state index contributed by atoms with van der Waals surface area (Å²) in [5, 5.41) is 5.52. The molecule has 1 heterocycles. The molecule has 8 heteroatoms. The molecule has 0 bridgehead atoms. The molecule has 8 nitrogen and oxygen atoms in total. The molecule has 0 fully saturated rings. The Labute approximate surface area is 206 Å². The van der Waals surface area contributed by atoms with Gasteiger partial charge in [0.05, 0.1) is 19.6 Å². The van der Waals surface area contributed by atoms with E-state index in [9.17, 15) is 19.2 Å². The van der Waals surface area contributed by atoms with Crippen LogP contribution in [0.4, 0.5) is 5.69 Å². The molecule has 35 heavy (non-hydrogen) atoms. The standard InChI is InChI=1S/C27H33N3O5/c1-3-35-27(34)23-17-21-11-4-5-12-22(21)30(23)26(33)18-29-24(31)13-6-7-14-28-25(32)16-20-10-8-9-19(2)15-20/h4-5,8-12,15,23H,3,6-7,13-14,16-18H2,1-2H3,(H,28,32)(H,29,31). The van der Waals surface area contributed by atoms with Crippen LogP contribution in [0.1, 0.15) is 42.9 Å². The molecular formula is C27H33N3O5. The summed E-state index contributed by atoms with van der Waals surface area (Å²) < 4.78 is 5.14. The Hall–Kier alpha value is -3.68. The topological polar surface area (TPSA) is 105 Å². The van der Waals surface area contributed by atoms with Crippen LogP contribution in [0.25, 0.3) is 0 Å². The number of carbonyl (C=O) groups excluding carboxylic acids is 4. The van der Waals surface area contributed by atoms with E-state index in [4.69, 9.17) is 4.74 Å². The van der Waals surface area contributed by atoms with Crippen LogP contribution in [0.5, 0.6) is 0 Å². The molecule has 2 N–H and O–H groups in total. The van der Waals surface area contributed by atoms with Gasteiger partial charge in [-0.1, -0.05) is 48.0 Å². The number of esters is 1. The molecule has 2 aromatic rings. The summed E-state index contributed by atoms with van der Waals surface area (Å²) >= 11 is 0. The number of nitrogens with zero attached hydrogens (tertiary/aromatic N) is 1. The summed E-state index contributed by atoms with van der Waals surface area (Å²) in [5.74, 6) is -1.10. The minimum atomic E-state index is -0.722. The molecule has 3 amide bonds. The van der Waals surface area contributed by atoms with Crippen LogP contribution in [-0.4, -0.2) is 49.4 Å². The van der Waals surface area contributed by atoms with E-state index in [1.165, 1.54) is 4.90 Å². The Kier molecular flexibility index (Phi) is 9.40. The molecule has 0 aromatic heterocycles. The third-order valence-corrected chi connectivity index (χ3v) is 5.84. The van der Waals surface area contributed by atoms with Gasteiger partial charge in [-0.05, 0) is 43.9 Å². The second-order valence-electron chi connectivity index (χ2n) is 8.61. The number of para-hydroxylation sites is 1. The molecule has 1 unspecified atom stereocenters. The lowest BCUT2D eigenvalue weighted by Crippen LogP contribution is -2.48. The molecule has 0 spiro atoms.